The van der Waals surface area contributed by atoms with Crippen LogP contribution in [0.4, 0.5) is 0 Å². The molecule has 2 fully saturated rings. The molecule has 0 bridgehead atoms. The molecule has 0 saturated carbocycles. The number of Topliss-reactive ketones (excluding diaryl/α,β-unsaturated/α-hetero) is 1. The first-order valence-corrected chi connectivity index (χ1v) is 8.86. The van der Waals surface area contributed by atoms with Gasteiger partial charge >= 0.3 is 0 Å². The molecule has 2 aliphatic rings. The van der Waals surface area contributed by atoms with Crippen molar-refractivity contribution in [2.24, 2.45) is 0 Å². The first-order valence-electron chi connectivity index (χ1n) is 8.86. The number of rotatable bonds is 4. The van der Waals surface area contributed by atoms with Gasteiger partial charge < -0.3 is 10.0 Å². The summed E-state index contributed by atoms with van der Waals surface area (Å²) in [7, 11) is 0. The van der Waals surface area contributed by atoms with Gasteiger partial charge in [0.25, 0.3) is 0 Å². The second-order valence-electron chi connectivity index (χ2n) is 7.03. The van der Waals surface area contributed by atoms with Crippen molar-refractivity contribution < 1.29 is 9.90 Å². The van der Waals surface area contributed by atoms with Gasteiger partial charge in [-0.3, -0.25) is 9.69 Å². The first kappa shape index (κ1) is 16.6. The summed E-state index contributed by atoms with van der Waals surface area (Å²) in [6, 6.07) is 8.70. The number of ketones is 1. The fourth-order valence-electron chi connectivity index (χ4n) is 3.84. The van der Waals surface area contributed by atoms with Crippen molar-refractivity contribution >= 4 is 5.78 Å². The zero-order valence-electron chi connectivity index (χ0n) is 14.1. The molecule has 23 heavy (non-hydrogen) atoms. The Hall–Kier alpha value is -1.23. The highest BCUT2D eigenvalue weighted by Gasteiger charge is 2.27. The molecule has 0 aromatic heterocycles. The topological polar surface area (TPSA) is 43.8 Å². The Morgan fingerprint density at radius 2 is 1.83 bits per heavy atom. The molecule has 1 aromatic carbocycles. The molecule has 4 nitrogen and oxygen atoms in total. The van der Waals surface area contributed by atoms with Gasteiger partial charge in [-0.2, -0.15) is 0 Å². The Morgan fingerprint density at radius 3 is 2.48 bits per heavy atom. The zero-order valence-corrected chi connectivity index (χ0v) is 14.1. The molecule has 2 aliphatic heterocycles. The van der Waals surface area contributed by atoms with Crippen LogP contribution >= 0.6 is 0 Å². The summed E-state index contributed by atoms with van der Waals surface area (Å²) in [5.74, 6) is 0.137. The number of aliphatic hydroxyl groups excluding tert-OH is 1. The number of piperidine rings is 2. The van der Waals surface area contributed by atoms with E-state index in [1.165, 1.54) is 18.4 Å². The minimum atomic E-state index is -0.0834. The van der Waals surface area contributed by atoms with Gasteiger partial charge in [0.05, 0.1) is 6.10 Å². The number of likely N-dealkylation sites (tertiary alicyclic amines) is 2. The van der Waals surface area contributed by atoms with E-state index < -0.39 is 0 Å². The lowest BCUT2D eigenvalue weighted by Crippen LogP contribution is -2.48. The quantitative estimate of drug-likeness (QED) is 0.866. The largest absolute Gasteiger partial charge is 0.393 e. The van der Waals surface area contributed by atoms with Crippen LogP contribution in [0.25, 0.3) is 0 Å². The normalized spacial score (nSPS) is 22.3. The fourth-order valence-corrected chi connectivity index (χ4v) is 3.84. The lowest BCUT2D eigenvalue weighted by atomic mass is 9.98. The predicted octanol–water partition coefficient (Wildman–Crippen LogP) is 2.31. The second kappa shape index (κ2) is 7.56. The SMILES string of the molecule is CC(=O)c1cccc(CN2CCC(N3CCC(O)CC3)CC2)c1. The van der Waals surface area contributed by atoms with Crippen LogP contribution < -0.4 is 0 Å². The zero-order chi connectivity index (χ0) is 16.2. The van der Waals surface area contributed by atoms with E-state index in [1.807, 2.05) is 18.2 Å². The van der Waals surface area contributed by atoms with Crippen LogP contribution in [0, 0.1) is 0 Å². The van der Waals surface area contributed by atoms with E-state index in [4.69, 9.17) is 0 Å². The molecule has 0 spiro atoms. The smallest absolute Gasteiger partial charge is 0.159 e. The number of nitrogens with zero attached hydrogens (tertiary/aromatic N) is 2. The third-order valence-corrected chi connectivity index (χ3v) is 5.31. The molecule has 0 unspecified atom stereocenters. The summed E-state index contributed by atoms with van der Waals surface area (Å²) in [5.41, 5.74) is 2.04. The van der Waals surface area contributed by atoms with Gasteiger partial charge in [-0.05, 0) is 57.3 Å². The van der Waals surface area contributed by atoms with Crippen molar-refractivity contribution in [3.05, 3.63) is 35.4 Å². The van der Waals surface area contributed by atoms with Crippen molar-refractivity contribution in [1.29, 1.82) is 0 Å². The fraction of sp³-hybridized carbons (Fsp3) is 0.632. The Kier molecular flexibility index (Phi) is 5.46. The molecule has 2 saturated heterocycles. The first-order chi connectivity index (χ1) is 11.1. The summed E-state index contributed by atoms with van der Waals surface area (Å²) in [5, 5.41) is 9.63. The van der Waals surface area contributed by atoms with Crippen molar-refractivity contribution in [2.45, 2.75) is 51.3 Å². The summed E-state index contributed by atoms with van der Waals surface area (Å²) in [6.45, 7) is 6.90. The number of hydrogen-bond donors (Lipinski definition) is 1. The van der Waals surface area contributed by atoms with E-state index in [-0.39, 0.29) is 11.9 Å². The number of hydrogen-bond acceptors (Lipinski definition) is 4. The molecule has 2 heterocycles. The summed E-state index contributed by atoms with van der Waals surface area (Å²) in [6.07, 6.45) is 4.20. The molecule has 126 valence electrons. The van der Waals surface area contributed by atoms with Gasteiger partial charge in [0, 0.05) is 31.2 Å². The van der Waals surface area contributed by atoms with Gasteiger partial charge in [0.1, 0.15) is 0 Å². The minimum Gasteiger partial charge on any atom is -0.393 e. The Labute approximate surface area is 139 Å². The number of benzene rings is 1. The summed E-state index contributed by atoms with van der Waals surface area (Å²) >= 11 is 0. The van der Waals surface area contributed by atoms with Gasteiger partial charge in [-0.25, -0.2) is 0 Å². The van der Waals surface area contributed by atoms with Gasteiger partial charge in [0.15, 0.2) is 5.78 Å². The van der Waals surface area contributed by atoms with Crippen LogP contribution in [-0.2, 0) is 6.54 Å². The maximum absolute atomic E-state index is 11.5. The van der Waals surface area contributed by atoms with Gasteiger partial charge in [-0.1, -0.05) is 18.2 Å². The van der Waals surface area contributed by atoms with Crippen LogP contribution in [0.15, 0.2) is 24.3 Å². The van der Waals surface area contributed by atoms with E-state index in [1.54, 1.807) is 6.92 Å². The molecule has 3 rings (SSSR count). The summed E-state index contributed by atoms with van der Waals surface area (Å²) < 4.78 is 0. The minimum absolute atomic E-state index is 0.0834. The molecule has 0 radical (unpaired) electrons. The standard InChI is InChI=1S/C19H28N2O2/c1-15(22)17-4-2-3-16(13-17)14-20-9-5-18(6-10-20)21-11-7-19(23)8-12-21/h2-4,13,18-19,23H,5-12,14H2,1H3. The molecule has 0 amide bonds. The van der Waals surface area contributed by atoms with Crippen molar-refractivity contribution in [3.8, 4) is 0 Å². The van der Waals surface area contributed by atoms with E-state index in [0.29, 0.717) is 6.04 Å². The molecular weight excluding hydrogens is 288 g/mol. The second-order valence-corrected chi connectivity index (χ2v) is 7.03. The molecule has 1 aromatic rings. The lowest BCUT2D eigenvalue weighted by molar-refractivity contribution is 0.0375. The van der Waals surface area contributed by atoms with Crippen molar-refractivity contribution in [2.75, 3.05) is 26.2 Å². The molecule has 0 aliphatic carbocycles. The maximum atomic E-state index is 11.5. The van der Waals surface area contributed by atoms with Crippen LogP contribution in [0.3, 0.4) is 0 Å². The average molecular weight is 316 g/mol. The maximum Gasteiger partial charge on any atom is 0.159 e. The third-order valence-electron chi connectivity index (χ3n) is 5.31. The highest BCUT2D eigenvalue weighted by Crippen LogP contribution is 2.22. The van der Waals surface area contributed by atoms with Crippen LogP contribution in [0.2, 0.25) is 0 Å². The highest BCUT2D eigenvalue weighted by molar-refractivity contribution is 5.94. The van der Waals surface area contributed by atoms with E-state index >= 15 is 0 Å². The lowest BCUT2D eigenvalue weighted by Gasteiger charge is -2.41. The molecular formula is C19H28N2O2. The monoisotopic (exact) mass is 316 g/mol. The third kappa shape index (κ3) is 4.40. The average Bonchev–Trinajstić information content (AvgIpc) is 2.57. The molecule has 1 N–H and O–H groups in total. The van der Waals surface area contributed by atoms with Crippen molar-refractivity contribution in [3.63, 3.8) is 0 Å². The highest BCUT2D eigenvalue weighted by atomic mass is 16.3. The number of carbonyl (C=O) groups excluding carboxylic acids is 1. The van der Waals surface area contributed by atoms with Crippen LogP contribution in [0.1, 0.15) is 48.5 Å². The number of carbonyl (C=O) groups is 1. The van der Waals surface area contributed by atoms with Crippen molar-refractivity contribution in [1.82, 2.24) is 9.80 Å². The van der Waals surface area contributed by atoms with Gasteiger partial charge in [-0.15, -0.1) is 0 Å². The predicted molar refractivity (Wildman–Crippen MR) is 91.6 cm³/mol. The Balaban J connectivity index is 1.49. The summed E-state index contributed by atoms with van der Waals surface area (Å²) in [4.78, 5) is 16.6. The van der Waals surface area contributed by atoms with Gasteiger partial charge in [0.2, 0.25) is 0 Å². The Morgan fingerprint density at radius 1 is 1.13 bits per heavy atom. The van der Waals surface area contributed by atoms with E-state index in [9.17, 15) is 9.90 Å². The van der Waals surface area contributed by atoms with E-state index in [0.717, 1.165) is 51.1 Å². The molecule has 0 atom stereocenters. The van der Waals surface area contributed by atoms with Crippen LogP contribution in [-0.4, -0.2) is 59.0 Å². The van der Waals surface area contributed by atoms with E-state index in [2.05, 4.69) is 15.9 Å². The molecule has 4 heteroatoms. The van der Waals surface area contributed by atoms with Crippen LogP contribution in [0.5, 0.6) is 0 Å². The number of aliphatic hydroxyl groups is 1. The Bertz CT molecular complexity index is 530.